The molecule has 0 saturated heterocycles. The van der Waals surface area contributed by atoms with E-state index in [9.17, 15) is 0 Å². The Balaban J connectivity index is 1.72. The molecule has 2 aromatic rings. The van der Waals surface area contributed by atoms with Gasteiger partial charge >= 0.3 is 0 Å². The molecule has 2 rings (SSSR count). The van der Waals surface area contributed by atoms with Crippen LogP contribution < -0.4 is 4.74 Å². The standard InChI is InChI=1S/C12H11BrOS2/c13-10-3-1-4-11(9-10)14-6-8-16-12-5-2-7-15-12/h1-5,7,9H,6,8H2. The first kappa shape index (κ1) is 12.0. The minimum absolute atomic E-state index is 0.735. The van der Waals surface area contributed by atoms with Crippen LogP contribution in [0.15, 0.2) is 50.5 Å². The molecule has 0 aliphatic heterocycles. The molecule has 0 unspecified atom stereocenters. The molecule has 1 heterocycles. The van der Waals surface area contributed by atoms with Crippen LogP contribution in [0.2, 0.25) is 0 Å². The molecule has 0 atom stereocenters. The maximum Gasteiger partial charge on any atom is 0.120 e. The average molecular weight is 315 g/mol. The van der Waals surface area contributed by atoms with Crippen molar-refractivity contribution in [2.45, 2.75) is 4.21 Å². The molecule has 1 aromatic carbocycles. The first-order valence-electron chi connectivity index (χ1n) is 4.89. The van der Waals surface area contributed by atoms with Crippen LogP contribution in [-0.4, -0.2) is 12.4 Å². The summed E-state index contributed by atoms with van der Waals surface area (Å²) in [5.74, 6) is 1.90. The average Bonchev–Trinajstić information content (AvgIpc) is 2.77. The van der Waals surface area contributed by atoms with E-state index < -0.39 is 0 Å². The fraction of sp³-hybridized carbons (Fsp3) is 0.167. The van der Waals surface area contributed by atoms with E-state index in [0.717, 1.165) is 22.6 Å². The third-order valence-electron chi connectivity index (χ3n) is 1.89. The molecule has 0 spiro atoms. The third kappa shape index (κ3) is 3.85. The number of hydrogen-bond donors (Lipinski definition) is 0. The number of hydrogen-bond acceptors (Lipinski definition) is 3. The molecule has 84 valence electrons. The summed E-state index contributed by atoms with van der Waals surface area (Å²) in [6.45, 7) is 0.735. The van der Waals surface area contributed by atoms with Crippen LogP contribution in [0.1, 0.15) is 0 Å². The summed E-state index contributed by atoms with van der Waals surface area (Å²) in [6, 6.07) is 12.1. The van der Waals surface area contributed by atoms with E-state index in [2.05, 4.69) is 33.4 Å². The van der Waals surface area contributed by atoms with Gasteiger partial charge < -0.3 is 4.74 Å². The number of thiophene rings is 1. The van der Waals surface area contributed by atoms with E-state index in [0.29, 0.717) is 0 Å². The van der Waals surface area contributed by atoms with Crippen molar-refractivity contribution in [1.29, 1.82) is 0 Å². The molecule has 0 N–H and O–H groups in total. The summed E-state index contributed by atoms with van der Waals surface area (Å²) < 4.78 is 8.04. The van der Waals surface area contributed by atoms with E-state index in [4.69, 9.17) is 4.74 Å². The van der Waals surface area contributed by atoms with Gasteiger partial charge in [-0.2, -0.15) is 0 Å². The summed E-state index contributed by atoms with van der Waals surface area (Å²) in [5, 5.41) is 2.09. The lowest BCUT2D eigenvalue weighted by Gasteiger charge is -2.05. The largest absolute Gasteiger partial charge is 0.493 e. The van der Waals surface area contributed by atoms with Crippen molar-refractivity contribution in [2.24, 2.45) is 0 Å². The van der Waals surface area contributed by atoms with Gasteiger partial charge in [0.05, 0.1) is 10.8 Å². The first-order valence-corrected chi connectivity index (χ1v) is 7.55. The third-order valence-corrected chi connectivity index (χ3v) is 4.48. The normalized spacial score (nSPS) is 10.3. The lowest BCUT2D eigenvalue weighted by atomic mass is 10.3. The maximum absolute atomic E-state index is 5.64. The van der Waals surface area contributed by atoms with Crippen LogP contribution in [0.4, 0.5) is 0 Å². The Kier molecular flexibility index (Phi) is 4.75. The molecule has 0 amide bonds. The van der Waals surface area contributed by atoms with Crippen LogP contribution >= 0.6 is 39.0 Å². The Morgan fingerprint density at radius 2 is 2.19 bits per heavy atom. The highest BCUT2D eigenvalue weighted by Crippen LogP contribution is 2.23. The zero-order valence-corrected chi connectivity index (χ0v) is 11.8. The first-order chi connectivity index (χ1) is 7.84. The molecule has 0 radical (unpaired) electrons. The summed E-state index contributed by atoms with van der Waals surface area (Å²) in [6.07, 6.45) is 0. The van der Waals surface area contributed by atoms with Gasteiger partial charge in [-0.1, -0.05) is 28.1 Å². The highest BCUT2D eigenvalue weighted by molar-refractivity contribution is 9.10. The highest BCUT2D eigenvalue weighted by atomic mass is 79.9. The smallest absolute Gasteiger partial charge is 0.120 e. The molecule has 0 aliphatic carbocycles. The maximum atomic E-state index is 5.64. The topological polar surface area (TPSA) is 9.23 Å². The summed E-state index contributed by atoms with van der Waals surface area (Å²) in [7, 11) is 0. The van der Waals surface area contributed by atoms with Gasteiger partial charge in [-0.05, 0) is 29.6 Å². The van der Waals surface area contributed by atoms with Crippen LogP contribution in [0.5, 0.6) is 5.75 Å². The van der Waals surface area contributed by atoms with Crippen LogP contribution in [0, 0.1) is 0 Å². The molecule has 0 aliphatic rings. The molecule has 1 nitrogen and oxygen atoms in total. The summed E-state index contributed by atoms with van der Waals surface area (Å²) in [4.78, 5) is 0. The molecule has 0 saturated carbocycles. The van der Waals surface area contributed by atoms with Crippen molar-refractivity contribution in [2.75, 3.05) is 12.4 Å². The molecular formula is C12H11BrOS2. The van der Waals surface area contributed by atoms with E-state index in [1.165, 1.54) is 4.21 Å². The fourth-order valence-electron chi connectivity index (χ4n) is 1.20. The van der Waals surface area contributed by atoms with Crippen molar-refractivity contribution in [3.63, 3.8) is 0 Å². The second-order valence-corrected chi connectivity index (χ2v) is 6.34. The quantitative estimate of drug-likeness (QED) is 0.585. The SMILES string of the molecule is Brc1cccc(OCCSc2cccs2)c1. The van der Waals surface area contributed by atoms with Gasteiger partial charge in [0.2, 0.25) is 0 Å². The Morgan fingerprint density at radius 3 is 2.94 bits per heavy atom. The molecule has 1 aromatic heterocycles. The Bertz CT molecular complexity index is 428. The van der Waals surface area contributed by atoms with Crippen molar-refractivity contribution in [3.05, 3.63) is 46.3 Å². The summed E-state index contributed by atoms with van der Waals surface area (Å²) >= 11 is 7.02. The van der Waals surface area contributed by atoms with E-state index in [1.54, 1.807) is 11.3 Å². The number of thioether (sulfide) groups is 1. The fourth-order valence-corrected chi connectivity index (χ4v) is 3.26. The van der Waals surface area contributed by atoms with Crippen LogP contribution in [0.3, 0.4) is 0 Å². The Labute approximate surface area is 112 Å². The highest BCUT2D eigenvalue weighted by Gasteiger charge is 1.97. The van der Waals surface area contributed by atoms with Crippen LogP contribution in [-0.2, 0) is 0 Å². The zero-order chi connectivity index (χ0) is 11.2. The van der Waals surface area contributed by atoms with Crippen molar-refractivity contribution in [3.8, 4) is 5.75 Å². The number of ether oxygens (including phenoxy) is 1. The predicted octanol–water partition coefficient (Wildman–Crippen LogP) is 4.68. The second-order valence-electron chi connectivity index (χ2n) is 3.09. The second kappa shape index (κ2) is 6.33. The Morgan fingerprint density at radius 1 is 1.25 bits per heavy atom. The number of halogens is 1. The van der Waals surface area contributed by atoms with E-state index >= 15 is 0 Å². The van der Waals surface area contributed by atoms with Gasteiger partial charge in [-0.15, -0.1) is 23.1 Å². The number of rotatable bonds is 5. The minimum Gasteiger partial charge on any atom is -0.493 e. The monoisotopic (exact) mass is 314 g/mol. The Hall–Kier alpha value is -0.450. The van der Waals surface area contributed by atoms with E-state index in [-0.39, 0.29) is 0 Å². The van der Waals surface area contributed by atoms with Gasteiger partial charge in [0.1, 0.15) is 5.75 Å². The van der Waals surface area contributed by atoms with Gasteiger partial charge in [-0.25, -0.2) is 0 Å². The van der Waals surface area contributed by atoms with Gasteiger partial charge in [0.15, 0.2) is 0 Å². The van der Waals surface area contributed by atoms with Crippen molar-refractivity contribution >= 4 is 39.0 Å². The lowest BCUT2D eigenvalue weighted by molar-refractivity contribution is 0.344. The molecule has 16 heavy (non-hydrogen) atoms. The van der Waals surface area contributed by atoms with E-state index in [1.807, 2.05) is 36.0 Å². The zero-order valence-electron chi connectivity index (χ0n) is 8.56. The predicted molar refractivity (Wildman–Crippen MR) is 74.7 cm³/mol. The number of benzene rings is 1. The molecule has 4 heteroatoms. The molecular weight excluding hydrogens is 304 g/mol. The molecule has 0 bridgehead atoms. The lowest BCUT2D eigenvalue weighted by Crippen LogP contribution is -1.99. The summed E-state index contributed by atoms with van der Waals surface area (Å²) in [5.41, 5.74) is 0. The minimum atomic E-state index is 0.735. The van der Waals surface area contributed by atoms with Crippen molar-refractivity contribution in [1.82, 2.24) is 0 Å². The van der Waals surface area contributed by atoms with Crippen LogP contribution in [0.25, 0.3) is 0 Å². The van der Waals surface area contributed by atoms with Gasteiger partial charge in [-0.3, -0.25) is 0 Å². The van der Waals surface area contributed by atoms with Gasteiger partial charge in [0.25, 0.3) is 0 Å². The van der Waals surface area contributed by atoms with Gasteiger partial charge in [0, 0.05) is 10.2 Å². The van der Waals surface area contributed by atoms with Crippen molar-refractivity contribution < 1.29 is 4.74 Å². The molecule has 0 fully saturated rings.